The van der Waals surface area contributed by atoms with Gasteiger partial charge in [-0.25, -0.2) is 13.2 Å². The number of methoxy groups -OCH3 is 1. The Labute approximate surface area is 106 Å². The number of aromatic nitrogens is 2. The standard InChI is InChI=1S/C11H10F3N3O2/c1-18-8(4-15)11-16-10(17-19-11)5-2-6(12)9(14)7(13)3-5/h2-3,8H,4,15H2,1H3. The summed E-state index contributed by atoms with van der Waals surface area (Å²) in [6.07, 6.45) is -0.614. The predicted octanol–water partition coefficient (Wildman–Crippen LogP) is 1.80. The lowest BCUT2D eigenvalue weighted by Gasteiger charge is -2.05. The van der Waals surface area contributed by atoms with Crippen LogP contribution in [-0.2, 0) is 4.74 Å². The van der Waals surface area contributed by atoms with Gasteiger partial charge in [0.25, 0.3) is 5.89 Å². The van der Waals surface area contributed by atoms with Gasteiger partial charge in [0.2, 0.25) is 5.82 Å². The fourth-order valence-electron chi connectivity index (χ4n) is 1.47. The fourth-order valence-corrected chi connectivity index (χ4v) is 1.47. The molecular weight excluding hydrogens is 263 g/mol. The molecule has 0 spiro atoms. The molecule has 1 aromatic carbocycles. The average molecular weight is 273 g/mol. The van der Waals surface area contributed by atoms with Crippen LogP contribution in [0.2, 0.25) is 0 Å². The third kappa shape index (κ3) is 2.59. The van der Waals surface area contributed by atoms with Gasteiger partial charge in [0.1, 0.15) is 6.10 Å². The van der Waals surface area contributed by atoms with Crippen LogP contribution in [0.25, 0.3) is 11.4 Å². The van der Waals surface area contributed by atoms with E-state index < -0.39 is 23.6 Å². The molecule has 2 aromatic rings. The maximum absolute atomic E-state index is 13.1. The van der Waals surface area contributed by atoms with Crippen molar-refractivity contribution in [1.29, 1.82) is 0 Å². The molecule has 1 aromatic heterocycles. The number of nitrogens with zero attached hydrogens (tertiary/aromatic N) is 2. The van der Waals surface area contributed by atoms with E-state index in [1.165, 1.54) is 7.11 Å². The highest BCUT2D eigenvalue weighted by Crippen LogP contribution is 2.23. The molecule has 0 bridgehead atoms. The summed E-state index contributed by atoms with van der Waals surface area (Å²) >= 11 is 0. The monoisotopic (exact) mass is 273 g/mol. The van der Waals surface area contributed by atoms with Gasteiger partial charge < -0.3 is 15.0 Å². The van der Waals surface area contributed by atoms with Gasteiger partial charge in [-0.15, -0.1) is 0 Å². The summed E-state index contributed by atoms with van der Waals surface area (Å²) in [5, 5.41) is 3.54. The van der Waals surface area contributed by atoms with Crippen molar-refractivity contribution >= 4 is 0 Å². The van der Waals surface area contributed by atoms with Crippen LogP contribution in [0.1, 0.15) is 12.0 Å². The molecule has 2 N–H and O–H groups in total. The van der Waals surface area contributed by atoms with Gasteiger partial charge in [-0.05, 0) is 12.1 Å². The van der Waals surface area contributed by atoms with Gasteiger partial charge in [-0.3, -0.25) is 0 Å². The van der Waals surface area contributed by atoms with E-state index in [9.17, 15) is 13.2 Å². The summed E-state index contributed by atoms with van der Waals surface area (Å²) in [7, 11) is 1.40. The van der Waals surface area contributed by atoms with E-state index in [0.29, 0.717) is 0 Å². The molecule has 0 aliphatic heterocycles. The normalized spacial score (nSPS) is 12.7. The lowest BCUT2D eigenvalue weighted by atomic mass is 10.2. The van der Waals surface area contributed by atoms with Crippen molar-refractivity contribution in [3.63, 3.8) is 0 Å². The van der Waals surface area contributed by atoms with E-state index in [1.54, 1.807) is 0 Å². The van der Waals surface area contributed by atoms with E-state index in [0.717, 1.165) is 12.1 Å². The van der Waals surface area contributed by atoms with Crippen LogP contribution >= 0.6 is 0 Å². The smallest absolute Gasteiger partial charge is 0.257 e. The van der Waals surface area contributed by atoms with E-state index in [2.05, 4.69) is 10.1 Å². The Hall–Kier alpha value is -1.93. The van der Waals surface area contributed by atoms with Crippen LogP contribution in [0.15, 0.2) is 16.7 Å². The molecule has 0 aliphatic carbocycles. The molecule has 0 radical (unpaired) electrons. The van der Waals surface area contributed by atoms with Crippen molar-refractivity contribution in [3.05, 3.63) is 35.5 Å². The zero-order chi connectivity index (χ0) is 14.0. The Kier molecular flexibility index (Phi) is 3.82. The number of rotatable bonds is 4. The first kappa shape index (κ1) is 13.5. The third-order valence-corrected chi connectivity index (χ3v) is 2.46. The molecule has 19 heavy (non-hydrogen) atoms. The van der Waals surface area contributed by atoms with Crippen molar-refractivity contribution in [2.24, 2.45) is 5.73 Å². The number of nitrogens with two attached hydrogens (primary N) is 1. The number of hydrogen-bond donors (Lipinski definition) is 1. The maximum atomic E-state index is 13.1. The molecule has 2 rings (SSSR count). The lowest BCUT2D eigenvalue weighted by Crippen LogP contribution is -2.14. The average Bonchev–Trinajstić information content (AvgIpc) is 2.86. The first-order valence-electron chi connectivity index (χ1n) is 5.28. The second-order valence-electron chi connectivity index (χ2n) is 3.67. The number of benzene rings is 1. The van der Waals surface area contributed by atoms with Crippen molar-refractivity contribution in [3.8, 4) is 11.4 Å². The van der Waals surface area contributed by atoms with Crippen LogP contribution in [-0.4, -0.2) is 23.8 Å². The van der Waals surface area contributed by atoms with Gasteiger partial charge in [0.05, 0.1) is 0 Å². The largest absolute Gasteiger partial charge is 0.370 e. The lowest BCUT2D eigenvalue weighted by molar-refractivity contribution is 0.0804. The molecule has 0 amide bonds. The molecular formula is C11H10F3N3O2. The minimum absolute atomic E-state index is 0.0433. The van der Waals surface area contributed by atoms with Gasteiger partial charge in [0, 0.05) is 19.2 Å². The molecule has 0 saturated carbocycles. The minimum Gasteiger partial charge on any atom is -0.370 e. The fraction of sp³-hybridized carbons (Fsp3) is 0.273. The molecule has 8 heteroatoms. The van der Waals surface area contributed by atoms with Crippen molar-refractivity contribution < 1.29 is 22.4 Å². The predicted molar refractivity (Wildman–Crippen MR) is 58.4 cm³/mol. The highest BCUT2D eigenvalue weighted by atomic mass is 19.2. The second-order valence-corrected chi connectivity index (χ2v) is 3.67. The van der Waals surface area contributed by atoms with Gasteiger partial charge in [-0.1, -0.05) is 5.16 Å². The zero-order valence-corrected chi connectivity index (χ0v) is 9.86. The van der Waals surface area contributed by atoms with E-state index in [-0.39, 0.29) is 23.8 Å². The van der Waals surface area contributed by atoms with Crippen molar-refractivity contribution in [2.75, 3.05) is 13.7 Å². The number of ether oxygens (including phenoxy) is 1. The summed E-state index contributed by atoms with van der Waals surface area (Å²) in [4.78, 5) is 3.90. The minimum atomic E-state index is -1.55. The molecule has 102 valence electrons. The van der Waals surface area contributed by atoms with Crippen LogP contribution in [0.5, 0.6) is 0 Å². The van der Waals surface area contributed by atoms with E-state index in [1.807, 2.05) is 0 Å². The highest BCUT2D eigenvalue weighted by molar-refractivity contribution is 5.54. The van der Waals surface area contributed by atoms with Gasteiger partial charge in [0.15, 0.2) is 17.5 Å². The summed E-state index contributed by atoms with van der Waals surface area (Å²) in [5.41, 5.74) is 5.37. The molecule has 1 unspecified atom stereocenters. The Balaban J connectivity index is 2.38. The van der Waals surface area contributed by atoms with Crippen LogP contribution < -0.4 is 5.73 Å². The third-order valence-electron chi connectivity index (χ3n) is 2.46. The first-order chi connectivity index (χ1) is 9.06. The summed E-state index contributed by atoms with van der Waals surface area (Å²) < 4.78 is 48.8. The quantitative estimate of drug-likeness (QED) is 0.860. The van der Waals surface area contributed by atoms with Gasteiger partial charge in [-0.2, -0.15) is 4.98 Å². The summed E-state index contributed by atoms with van der Waals surface area (Å²) in [5.74, 6) is -4.22. The topological polar surface area (TPSA) is 74.2 Å². The van der Waals surface area contributed by atoms with E-state index in [4.69, 9.17) is 15.0 Å². The Morgan fingerprint density at radius 2 is 1.95 bits per heavy atom. The SMILES string of the molecule is COC(CN)c1nc(-c2cc(F)c(F)c(F)c2)no1. The second kappa shape index (κ2) is 5.37. The molecule has 0 saturated heterocycles. The van der Waals surface area contributed by atoms with E-state index >= 15 is 0 Å². The highest BCUT2D eigenvalue weighted by Gasteiger charge is 2.19. The molecule has 1 heterocycles. The molecule has 5 nitrogen and oxygen atoms in total. The number of halogens is 3. The zero-order valence-electron chi connectivity index (χ0n) is 9.86. The Morgan fingerprint density at radius 3 is 2.47 bits per heavy atom. The molecule has 0 fully saturated rings. The van der Waals surface area contributed by atoms with Gasteiger partial charge >= 0.3 is 0 Å². The molecule has 1 atom stereocenters. The first-order valence-corrected chi connectivity index (χ1v) is 5.28. The molecule has 0 aliphatic rings. The van der Waals surface area contributed by atoms with Crippen molar-refractivity contribution in [2.45, 2.75) is 6.10 Å². The maximum Gasteiger partial charge on any atom is 0.257 e. The van der Waals surface area contributed by atoms with Crippen molar-refractivity contribution in [1.82, 2.24) is 10.1 Å². The van der Waals surface area contributed by atoms with Crippen LogP contribution in [0.4, 0.5) is 13.2 Å². The number of hydrogen-bond acceptors (Lipinski definition) is 5. The Bertz CT molecular complexity index is 561. The summed E-state index contributed by atoms with van der Waals surface area (Å²) in [6.45, 7) is 0.101. The van der Waals surface area contributed by atoms with Crippen LogP contribution in [0.3, 0.4) is 0 Å². The van der Waals surface area contributed by atoms with Crippen LogP contribution in [0, 0.1) is 17.5 Å². The Morgan fingerprint density at radius 1 is 1.32 bits per heavy atom. The summed E-state index contributed by atoms with van der Waals surface area (Å²) in [6, 6.07) is 1.55.